The topological polar surface area (TPSA) is 0 Å². The summed E-state index contributed by atoms with van der Waals surface area (Å²) in [5.74, 6) is 2.84. The first kappa shape index (κ1) is 35.6. The molecule has 0 nitrogen and oxygen atoms in total. The predicted molar refractivity (Wildman–Crippen MR) is 199 cm³/mol. The van der Waals surface area contributed by atoms with Crippen molar-refractivity contribution in [1.29, 1.82) is 0 Å². The molecule has 0 aromatic heterocycles. The zero-order valence-electron chi connectivity index (χ0n) is 30.6. The molecule has 43 heavy (non-hydrogen) atoms. The van der Waals surface area contributed by atoms with Crippen LogP contribution < -0.4 is 5.30 Å². The minimum atomic E-state index is -0.429. The van der Waals surface area contributed by atoms with Crippen LogP contribution >= 0.6 is 7.92 Å². The maximum atomic E-state index is 2.54. The van der Waals surface area contributed by atoms with Crippen LogP contribution in [0.15, 0.2) is 42.5 Å². The fourth-order valence-electron chi connectivity index (χ4n) is 6.87. The van der Waals surface area contributed by atoms with E-state index >= 15 is 0 Å². The van der Waals surface area contributed by atoms with E-state index in [4.69, 9.17) is 0 Å². The lowest BCUT2D eigenvalue weighted by molar-refractivity contribution is 0.807. The molecule has 0 unspecified atom stereocenters. The van der Waals surface area contributed by atoms with E-state index in [1.807, 2.05) is 0 Å². The number of rotatable bonds is 11. The number of hydrogen-bond acceptors (Lipinski definition) is 0. The van der Waals surface area contributed by atoms with Gasteiger partial charge in [-0.05, 0) is 108 Å². The van der Waals surface area contributed by atoms with Crippen LogP contribution in [0.5, 0.6) is 0 Å². The van der Waals surface area contributed by atoms with E-state index in [1.54, 1.807) is 5.30 Å². The molecule has 0 amide bonds. The predicted octanol–water partition coefficient (Wildman–Crippen LogP) is 13.7. The summed E-state index contributed by atoms with van der Waals surface area (Å²) in [7, 11) is -0.429. The molecular formula is C42H63P. The lowest BCUT2D eigenvalue weighted by Crippen LogP contribution is -2.22. The average Bonchev–Trinajstić information content (AvgIpc) is 2.91. The molecular weight excluding hydrogens is 535 g/mol. The Hall–Kier alpha value is -1.91. The maximum Gasteiger partial charge on any atom is -0.00787 e. The zero-order valence-corrected chi connectivity index (χ0v) is 31.5. The largest absolute Gasteiger partial charge is 0.0687 e. The van der Waals surface area contributed by atoms with Crippen LogP contribution in [0.25, 0.3) is 22.3 Å². The molecule has 3 aromatic carbocycles. The summed E-state index contributed by atoms with van der Waals surface area (Å²) >= 11 is 0. The summed E-state index contributed by atoms with van der Waals surface area (Å²) < 4.78 is 0. The fourth-order valence-corrected chi connectivity index (χ4v) is 10.0. The average molecular weight is 599 g/mol. The monoisotopic (exact) mass is 598 g/mol. The van der Waals surface area contributed by atoms with E-state index in [0.717, 1.165) is 0 Å². The first-order chi connectivity index (χ1) is 20.0. The van der Waals surface area contributed by atoms with Crippen molar-refractivity contribution in [1.82, 2.24) is 0 Å². The highest BCUT2D eigenvalue weighted by Crippen LogP contribution is 2.53. The summed E-state index contributed by atoms with van der Waals surface area (Å²) in [5.41, 5.74) is 16.2. The Morgan fingerprint density at radius 3 is 0.884 bits per heavy atom. The van der Waals surface area contributed by atoms with Crippen molar-refractivity contribution in [3.05, 3.63) is 75.8 Å². The molecule has 0 aliphatic carbocycles. The molecule has 236 valence electrons. The van der Waals surface area contributed by atoms with Crippen LogP contribution in [0.2, 0.25) is 0 Å². The summed E-state index contributed by atoms with van der Waals surface area (Å²) in [6.07, 6.45) is 0. The first-order valence-electron chi connectivity index (χ1n) is 17.3. The van der Waals surface area contributed by atoms with Crippen molar-refractivity contribution in [2.45, 2.75) is 158 Å². The Kier molecular flexibility index (Phi) is 12.0. The molecule has 0 atom stereocenters. The summed E-state index contributed by atoms with van der Waals surface area (Å²) in [6, 6.07) is 17.5. The summed E-state index contributed by atoms with van der Waals surface area (Å²) in [5, 5.41) is 1.63. The molecule has 0 radical (unpaired) electrons. The Morgan fingerprint density at radius 2 is 0.674 bits per heavy atom. The van der Waals surface area contributed by atoms with Gasteiger partial charge in [-0.25, -0.2) is 0 Å². The maximum absolute atomic E-state index is 2.54. The van der Waals surface area contributed by atoms with E-state index in [-0.39, 0.29) is 0 Å². The van der Waals surface area contributed by atoms with Gasteiger partial charge in [0, 0.05) is 0 Å². The van der Waals surface area contributed by atoms with Crippen LogP contribution in [0.3, 0.4) is 0 Å². The first-order valence-corrected chi connectivity index (χ1v) is 18.7. The fraction of sp³-hybridized carbons (Fsp3) is 0.571. The molecule has 0 aliphatic rings. The van der Waals surface area contributed by atoms with Crippen molar-refractivity contribution in [2.75, 3.05) is 0 Å². The zero-order chi connectivity index (χ0) is 32.5. The van der Waals surface area contributed by atoms with Gasteiger partial charge in [0.1, 0.15) is 0 Å². The summed E-state index contributed by atoms with van der Waals surface area (Å²) in [4.78, 5) is 0. The van der Waals surface area contributed by atoms with Crippen LogP contribution in [0.4, 0.5) is 0 Å². The Bertz CT molecular complexity index is 1220. The third-order valence-corrected chi connectivity index (χ3v) is 12.4. The summed E-state index contributed by atoms with van der Waals surface area (Å²) in [6.45, 7) is 38.4. The van der Waals surface area contributed by atoms with E-state index in [9.17, 15) is 0 Å². The molecule has 0 heterocycles. The van der Waals surface area contributed by atoms with Gasteiger partial charge in [-0.3, -0.25) is 0 Å². The van der Waals surface area contributed by atoms with Gasteiger partial charge in [0.25, 0.3) is 0 Å². The van der Waals surface area contributed by atoms with Gasteiger partial charge in [0.2, 0.25) is 0 Å². The second kappa shape index (κ2) is 14.5. The quantitative estimate of drug-likeness (QED) is 0.193. The van der Waals surface area contributed by atoms with Crippen LogP contribution in [0.1, 0.15) is 180 Å². The third-order valence-electron chi connectivity index (χ3n) is 9.21. The second-order valence-electron chi connectivity index (χ2n) is 15.4. The normalized spacial score (nSPS) is 12.7. The highest BCUT2D eigenvalue weighted by molar-refractivity contribution is 7.67. The molecule has 0 bridgehead atoms. The highest BCUT2D eigenvalue weighted by Gasteiger charge is 2.31. The van der Waals surface area contributed by atoms with E-state index < -0.39 is 7.92 Å². The van der Waals surface area contributed by atoms with Gasteiger partial charge in [-0.2, -0.15) is 0 Å². The van der Waals surface area contributed by atoms with Gasteiger partial charge in [-0.1, -0.05) is 161 Å². The van der Waals surface area contributed by atoms with Gasteiger partial charge in [0.15, 0.2) is 0 Å². The van der Waals surface area contributed by atoms with Crippen molar-refractivity contribution in [3.63, 3.8) is 0 Å². The molecule has 0 fully saturated rings. The minimum Gasteiger partial charge on any atom is -0.0687 e. The van der Waals surface area contributed by atoms with Crippen molar-refractivity contribution in [2.24, 2.45) is 0 Å². The molecule has 0 saturated heterocycles. The Morgan fingerprint density at radius 1 is 0.395 bits per heavy atom. The Labute approximate surface area is 268 Å². The van der Waals surface area contributed by atoms with E-state index in [1.165, 1.54) is 55.6 Å². The van der Waals surface area contributed by atoms with E-state index in [0.29, 0.717) is 46.8 Å². The van der Waals surface area contributed by atoms with E-state index in [2.05, 4.69) is 153 Å². The molecule has 1 heteroatoms. The SMILES string of the molecule is CC(C)c1cc(C(C)C)c(-c2cccc(-c3c(C(C)C)cc(C(C)C)cc3C(C)C)c2P(C(C)C)C(C)C)c(C(C)C)c1. The molecule has 3 rings (SSSR count). The standard InChI is InChI=1S/C42H63P/c1-24(2)32-20-36(26(5)6)40(37(21-32)27(7)8)34-18-17-19-35(42(34)43(30(13)14)31(15)16)41-38(28(9)10)22-33(25(3)4)23-39(41)29(11)12/h17-31H,1-16H3. The van der Waals surface area contributed by atoms with Gasteiger partial charge < -0.3 is 0 Å². The van der Waals surface area contributed by atoms with Crippen LogP contribution in [-0.4, -0.2) is 11.3 Å². The van der Waals surface area contributed by atoms with Gasteiger partial charge >= 0.3 is 0 Å². The van der Waals surface area contributed by atoms with Gasteiger partial charge in [0.05, 0.1) is 0 Å². The molecule has 0 N–H and O–H groups in total. The molecule has 0 spiro atoms. The lowest BCUT2D eigenvalue weighted by Gasteiger charge is -2.34. The van der Waals surface area contributed by atoms with Crippen molar-refractivity contribution < 1.29 is 0 Å². The molecule has 0 aliphatic heterocycles. The molecule has 0 saturated carbocycles. The number of hydrogen-bond donors (Lipinski definition) is 0. The highest BCUT2D eigenvalue weighted by atomic mass is 31.1. The van der Waals surface area contributed by atoms with Crippen LogP contribution in [0, 0.1) is 0 Å². The van der Waals surface area contributed by atoms with Crippen molar-refractivity contribution >= 4 is 13.2 Å². The Balaban J connectivity index is 2.67. The van der Waals surface area contributed by atoms with Crippen molar-refractivity contribution in [3.8, 4) is 22.3 Å². The van der Waals surface area contributed by atoms with Gasteiger partial charge in [-0.15, -0.1) is 0 Å². The lowest BCUT2D eigenvalue weighted by atomic mass is 9.79. The minimum absolute atomic E-state index is 0.429. The third kappa shape index (κ3) is 7.50. The smallest absolute Gasteiger partial charge is 0.00787 e. The molecule has 3 aromatic rings. The second-order valence-corrected chi connectivity index (χ2v) is 18.7. The number of benzene rings is 3. The van der Waals surface area contributed by atoms with Crippen LogP contribution in [-0.2, 0) is 0 Å².